The molecule has 0 atom stereocenters. The van der Waals surface area contributed by atoms with Gasteiger partial charge in [-0.15, -0.1) is 0 Å². The zero-order chi connectivity index (χ0) is 12.8. The summed E-state index contributed by atoms with van der Waals surface area (Å²) in [4.78, 5) is 14.7. The van der Waals surface area contributed by atoms with Gasteiger partial charge in [0.15, 0.2) is 0 Å². The van der Waals surface area contributed by atoms with Crippen LogP contribution in [0.1, 0.15) is 16.1 Å². The number of anilines is 1. The number of hydrogen-bond acceptors (Lipinski definition) is 5. The highest BCUT2D eigenvalue weighted by Gasteiger charge is 1.95. The molecule has 2 aromatic rings. The zero-order valence-electron chi connectivity index (χ0n) is 9.41. The number of hydrazone groups is 1. The SMILES string of the molecule is O=C([O-])c1cccc(N/N=C\c2ccccn2)c1. The molecule has 0 amide bonds. The van der Waals surface area contributed by atoms with Crippen LogP contribution in [0, 0.1) is 0 Å². The number of nitrogens with zero attached hydrogens (tertiary/aromatic N) is 2. The molecular formula is C13H10N3O2-. The lowest BCUT2D eigenvalue weighted by Crippen LogP contribution is -2.22. The van der Waals surface area contributed by atoms with Crippen LogP contribution in [0.25, 0.3) is 0 Å². The van der Waals surface area contributed by atoms with E-state index < -0.39 is 5.97 Å². The van der Waals surface area contributed by atoms with Crippen molar-refractivity contribution in [3.63, 3.8) is 0 Å². The molecule has 90 valence electrons. The van der Waals surface area contributed by atoms with Crippen LogP contribution in [-0.2, 0) is 0 Å². The Bertz CT molecular complexity index is 567. The number of carboxylic acids is 1. The van der Waals surface area contributed by atoms with Gasteiger partial charge in [0, 0.05) is 6.20 Å². The molecule has 1 aromatic carbocycles. The van der Waals surface area contributed by atoms with E-state index in [1.165, 1.54) is 12.1 Å². The van der Waals surface area contributed by atoms with Crippen molar-refractivity contribution in [2.24, 2.45) is 5.10 Å². The molecule has 0 aliphatic rings. The maximum atomic E-state index is 10.7. The quantitative estimate of drug-likeness (QED) is 0.636. The monoisotopic (exact) mass is 240 g/mol. The van der Waals surface area contributed by atoms with Gasteiger partial charge in [-0.2, -0.15) is 5.10 Å². The highest BCUT2D eigenvalue weighted by atomic mass is 16.4. The van der Waals surface area contributed by atoms with Gasteiger partial charge < -0.3 is 9.90 Å². The molecule has 0 aliphatic carbocycles. The first-order chi connectivity index (χ1) is 8.75. The van der Waals surface area contributed by atoms with Crippen LogP contribution in [0.4, 0.5) is 5.69 Å². The summed E-state index contributed by atoms with van der Waals surface area (Å²) in [6, 6.07) is 11.7. The molecule has 0 saturated carbocycles. The third-order valence-electron chi connectivity index (χ3n) is 2.18. The van der Waals surface area contributed by atoms with Crippen molar-refractivity contribution in [3.05, 3.63) is 59.9 Å². The highest BCUT2D eigenvalue weighted by Crippen LogP contribution is 2.09. The minimum atomic E-state index is -1.22. The van der Waals surface area contributed by atoms with Crippen LogP contribution >= 0.6 is 0 Å². The molecule has 2 rings (SSSR count). The summed E-state index contributed by atoms with van der Waals surface area (Å²) in [6.45, 7) is 0. The average Bonchev–Trinajstić information content (AvgIpc) is 2.40. The summed E-state index contributed by atoms with van der Waals surface area (Å²) < 4.78 is 0. The molecule has 5 nitrogen and oxygen atoms in total. The van der Waals surface area contributed by atoms with E-state index in [9.17, 15) is 9.90 Å². The molecule has 1 aromatic heterocycles. The van der Waals surface area contributed by atoms with E-state index in [0.29, 0.717) is 11.4 Å². The van der Waals surface area contributed by atoms with Gasteiger partial charge in [-0.3, -0.25) is 10.4 Å². The highest BCUT2D eigenvalue weighted by molar-refractivity contribution is 5.87. The fraction of sp³-hybridized carbons (Fsp3) is 0. The third-order valence-corrected chi connectivity index (χ3v) is 2.18. The molecule has 0 saturated heterocycles. The number of carbonyl (C=O) groups excluding carboxylic acids is 1. The number of pyridine rings is 1. The molecule has 0 spiro atoms. The van der Waals surface area contributed by atoms with Gasteiger partial charge in [-0.25, -0.2) is 0 Å². The number of aromatic carboxylic acids is 1. The van der Waals surface area contributed by atoms with Crippen molar-refractivity contribution in [1.29, 1.82) is 0 Å². The minimum Gasteiger partial charge on any atom is -0.545 e. The van der Waals surface area contributed by atoms with E-state index in [2.05, 4.69) is 15.5 Å². The Kier molecular flexibility index (Phi) is 3.66. The maximum Gasteiger partial charge on any atom is 0.0830 e. The molecular weight excluding hydrogens is 230 g/mol. The average molecular weight is 240 g/mol. The van der Waals surface area contributed by atoms with Gasteiger partial charge in [-0.1, -0.05) is 18.2 Å². The summed E-state index contributed by atoms with van der Waals surface area (Å²) in [7, 11) is 0. The summed E-state index contributed by atoms with van der Waals surface area (Å²) >= 11 is 0. The van der Waals surface area contributed by atoms with Crippen molar-refractivity contribution in [1.82, 2.24) is 4.98 Å². The summed E-state index contributed by atoms with van der Waals surface area (Å²) in [5, 5.41) is 14.6. The normalized spacial score (nSPS) is 10.4. The molecule has 18 heavy (non-hydrogen) atoms. The summed E-state index contributed by atoms with van der Waals surface area (Å²) in [5.74, 6) is -1.22. The Morgan fingerprint density at radius 3 is 2.89 bits per heavy atom. The van der Waals surface area contributed by atoms with E-state index in [-0.39, 0.29) is 5.56 Å². The van der Waals surface area contributed by atoms with Crippen LogP contribution < -0.4 is 10.5 Å². The second-order valence-corrected chi connectivity index (χ2v) is 3.49. The molecule has 1 heterocycles. The Morgan fingerprint density at radius 1 is 1.28 bits per heavy atom. The Balaban J connectivity index is 2.04. The Morgan fingerprint density at radius 2 is 2.17 bits per heavy atom. The number of nitrogens with one attached hydrogen (secondary N) is 1. The number of carbonyl (C=O) groups is 1. The molecule has 1 N–H and O–H groups in total. The number of carboxylic acid groups (broad SMARTS) is 1. The molecule has 0 radical (unpaired) electrons. The van der Waals surface area contributed by atoms with Gasteiger partial charge in [-0.05, 0) is 29.8 Å². The Hall–Kier alpha value is -2.69. The topological polar surface area (TPSA) is 77.4 Å². The predicted molar refractivity (Wildman–Crippen MR) is 66.2 cm³/mol. The molecule has 0 unspecified atom stereocenters. The van der Waals surface area contributed by atoms with Crippen molar-refractivity contribution in [2.75, 3.05) is 5.43 Å². The van der Waals surface area contributed by atoms with Crippen molar-refractivity contribution < 1.29 is 9.90 Å². The van der Waals surface area contributed by atoms with Crippen LogP contribution in [0.5, 0.6) is 0 Å². The molecule has 0 bridgehead atoms. The zero-order valence-corrected chi connectivity index (χ0v) is 9.41. The number of aromatic nitrogens is 1. The van der Waals surface area contributed by atoms with Gasteiger partial charge in [0.2, 0.25) is 0 Å². The van der Waals surface area contributed by atoms with E-state index in [1.54, 1.807) is 24.5 Å². The van der Waals surface area contributed by atoms with E-state index in [1.807, 2.05) is 18.2 Å². The fourth-order valence-corrected chi connectivity index (χ4v) is 1.34. The van der Waals surface area contributed by atoms with E-state index in [4.69, 9.17) is 0 Å². The molecule has 0 aliphatic heterocycles. The molecule has 0 fully saturated rings. The summed E-state index contributed by atoms with van der Waals surface area (Å²) in [6.07, 6.45) is 3.21. The third kappa shape index (κ3) is 3.15. The van der Waals surface area contributed by atoms with Crippen molar-refractivity contribution >= 4 is 17.9 Å². The van der Waals surface area contributed by atoms with Crippen LogP contribution in [-0.4, -0.2) is 17.2 Å². The second-order valence-electron chi connectivity index (χ2n) is 3.49. The first-order valence-electron chi connectivity index (χ1n) is 5.27. The lowest BCUT2D eigenvalue weighted by atomic mass is 10.2. The predicted octanol–water partition coefficient (Wildman–Crippen LogP) is 0.891. The van der Waals surface area contributed by atoms with E-state index >= 15 is 0 Å². The fourth-order valence-electron chi connectivity index (χ4n) is 1.34. The van der Waals surface area contributed by atoms with Crippen molar-refractivity contribution in [3.8, 4) is 0 Å². The molecule has 5 heteroatoms. The van der Waals surface area contributed by atoms with Crippen LogP contribution in [0.2, 0.25) is 0 Å². The number of benzene rings is 1. The minimum absolute atomic E-state index is 0.105. The van der Waals surface area contributed by atoms with Crippen LogP contribution in [0.3, 0.4) is 0 Å². The largest absolute Gasteiger partial charge is 0.545 e. The smallest absolute Gasteiger partial charge is 0.0830 e. The first-order valence-corrected chi connectivity index (χ1v) is 5.27. The van der Waals surface area contributed by atoms with E-state index in [0.717, 1.165) is 0 Å². The number of hydrogen-bond donors (Lipinski definition) is 1. The van der Waals surface area contributed by atoms with Crippen molar-refractivity contribution in [2.45, 2.75) is 0 Å². The lowest BCUT2D eigenvalue weighted by Gasteiger charge is -2.04. The summed E-state index contributed by atoms with van der Waals surface area (Å²) in [5.41, 5.74) is 4.11. The van der Waals surface area contributed by atoms with Crippen LogP contribution in [0.15, 0.2) is 53.8 Å². The first kappa shape index (κ1) is 11.8. The van der Waals surface area contributed by atoms with Gasteiger partial charge in [0.25, 0.3) is 0 Å². The maximum absolute atomic E-state index is 10.7. The lowest BCUT2D eigenvalue weighted by molar-refractivity contribution is -0.255. The van der Waals surface area contributed by atoms with Gasteiger partial charge >= 0.3 is 0 Å². The Labute approximate surface area is 104 Å². The second kappa shape index (κ2) is 5.58. The van der Waals surface area contributed by atoms with Gasteiger partial charge in [0.1, 0.15) is 0 Å². The standard InChI is InChI=1S/C13H11N3O2/c17-13(18)10-4-3-6-11(8-10)16-15-9-12-5-1-2-7-14-12/h1-9,16H,(H,17,18)/p-1/b15-9-. The van der Waals surface area contributed by atoms with Gasteiger partial charge in [0.05, 0.1) is 23.6 Å². The number of rotatable bonds is 4.